The average Bonchev–Trinajstić information content (AvgIpc) is 3.95. The molecule has 5 aromatic rings. The number of nitrogens with one attached hydrogen (secondary N) is 1. The predicted octanol–water partition coefficient (Wildman–Crippen LogP) is 3.56. The van der Waals surface area contributed by atoms with Crippen molar-refractivity contribution >= 4 is 55.0 Å². The number of halogens is 2. The molecule has 2 unspecified atom stereocenters. The lowest BCUT2D eigenvalue weighted by Gasteiger charge is -2.25. The molecular formula is C32H37F2N11O11P2. The summed E-state index contributed by atoms with van der Waals surface area (Å²) in [6, 6.07) is 7.40. The normalized spacial score (nSPS) is 21.0. The van der Waals surface area contributed by atoms with Gasteiger partial charge in [-0.05, 0) is 32.9 Å². The van der Waals surface area contributed by atoms with E-state index in [1.807, 2.05) is 0 Å². The molecule has 6 heterocycles. The summed E-state index contributed by atoms with van der Waals surface area (Å²) in [5, 5.41) is 2.67. The van der Waals surface area contributed by atoms with Crippen LogP contribution in [0.5, 0.6) is 5.75 Å². The molecule has 310 valence electrons. The van der Waals surface area contributed by atoms with Gasteiger partial charge in [-0.15, -0.1) is 0 Å². The van der Waals surface area contributed by atoms with Crippen molar-refractivity contribution in [2.45, 2.75) is 58.0 Å². The van der Waals surface area contributed by atoms with Gasteiger partial charge in [-0.2, -0.15) is 0 Å². The maximum Gasteiger partial charge on any atom is 0.351 e. The summed E-state index contributed by atoms with van der Waals surface area (Å²) in [6.07, 6.45) is 0.442. The van der Waals surface area contributed by atoms with Gasteiger partial charge >= 0.3 is 21.1 Å². The van der Waals surface area contributed by atoms with Gasteiger partial charge in [0.25, 0.3) is 0 Å². The molecule has 26 heteroatoms. The van der Waals surface area contributed by atoms with Gasteiger partial charge in [-0.1, -0.05) is 18.2 Å². The van der Waals surface area contributed by atoms with Crippen molar-refractivity contribution in [2.75, 3.05) is 24.2 Å². The summed E-state index contributed by atoms with van der Waals surface area (Å²) < 4.78 is 88.0. The molecule has 0 aliphatic carbocycles. The van der Waals surface area contributed by atoms with Gasteiger partial charge in [-0.25, -0.2) is 43.8 Å². The maximum atomic E-state index is 14.8. The topological polar surface area (TPSA) is 298 Å². The first kappa shape index (κ1) is 42.3. The van der Waals surface area contributed by atoms with E-state index in [4.69, 9.17) is 49.5 Å². The number of hydrogen-bond acceptors (Lipinski definition) is 17. The van der Waals surface area contributed by atoms with Crippen LogP contribution in [0.25, 0.3) is 22.3 Å². The molecule has 0 amide bonds. The SMILES string of the molecule is CC(C)OC(=O)[C@H](C)N[P@](=O)(CO[C@@H]1C=C(F)C(n2cnc3c(N)ncnc32)O1)Oc1ccccc1.Nc1ncnc2c1ncn2C1O[C@H](OCP(=O)(O)O)C=C1F. The van der Waals surface area contributed by atoms with Crippen LogP contribution in [0.4, 0.5) is 20.4 Å². The van der Waals surface area contributed by atoms with E-state index in [2.05, 4.69) is 35.0 Å². The summed E-state index contributed by atoms with van der Waals surface area (Å²) in [5.74, 6) is -1.41. The minimum absolute atomic E-state index is 0.139. The van der Waals surface area contributed by atoms with Crippen molar-refractivity contribution in [1.82, 2.24) is 44.1 Å². The Balaban J connectivity index is 0.000000220. The number of rotatable bonds is 14. The van der Waals surface area contributed by atoms with Gasteiger partial charge in [0.1, 0.15) is 35.5 Å². The molecule has 0 saturated carbocycles. The van der Waals surface area contributed by atoms with E-state index >= 15 is 0 Å². The Hall–Kier alpha value is -5.29. The predicted molar refractivity (Wildman–Crippen MR) is 198 cm³/mol. The Bertz CT molecular complexity index is 2410. The molecular weight excluding hydrogens is 814 g/mol. The van der Waals surface area contributed by atoms with Crippen molar-refractivity contribution in [3.8, 4) is 5.75 Å². The number of nitrogens with zero attached hydrogens (tertiary/aromatic N) is 8. The van der Waals surface area contributed by atoms with Crippen molar-refractivity contribution < 1.29 is 60.7 Å². The van der Waals surface area contributed by atoms with Crippen LogP contribution < -0.4 is 21.1 Å². The molecule has 6 atom stereocenters. The Morgan fingerprint density at radius 3 is 1.81 bits per heavy atom. The highest BCUT2D eigenvalue weighted by atomic mass is 31.2. The molecule has 22 nitrogen and oxygen atoms in total. The first-order valence-electron chi connectivity index (χ1n) is 17.0. The number of esters is 1. The molecule has 1 aromatic carbocycles. The highest BCUT2D eigenvalue weighted by molar-refractivity contribution is 7.57. The van der Waals surface area contributed by atoms with E-state index in [1.54, 1.807) is 44.2 Å². The number of para-hydroxylation sites is 1. The zero-order valence-electron chi connectivity index (χ0n) is 30.7. The molecule has 0 fully saturated rings. The number of benzene rings is 1. The van der Waals surface area contributed by atoms with Crippen LogP contribution in [0.2, 0.25) is 0 Å². The highest BCUT2D eigenvalue weighted by Gasteiger charge is 2.37. The Morgan fingerprint density at radius 2 is 1.33 bits per heavy atom. The minimum atomic E-state index is -4.37. The molecule has 4 aromatic heterocycles. The highest BCUT2D eigenvalue weighted by Crippen LogP contribution is 2.45. The van der Waals surface area contributed by atoms with Gasteiger partial charge in [0, 0.05) is 12.2 Å². The van der Waals surface area contributed by atoms with Crippen molar-refractivity contribution in [3.63, 3.8) is 0 Å². The molecule has 2 aliphatic heterocycles. The number of carbonyl (C=O) groups excluding carboxylic acids is 1. The molecule has 0 radical (unpaired) electrons. The van der Waals surface area contributed by atoms with Crippen molar-refractivity contribution in [2.24, 2.45) is 0 Å². The maximum absolute atomic E-state index is 14.8. The number of carbonyl (C=O) groups is 1. The van der Waals surface area contributed by atoms with E-state index in [0.717, 1.165) is 12.2 Å². The smallest absolute Gasteiger partial charge is 0.351 e. The van der Waals surface area contributed by atoms with Crippen LogP contribution in [0.15, 0.2) is 79.4 Å². The molecule has 0 spiro atoms. The standard InChI is InChI=1S/C22H26FN6O6P.C10H11FN5O5P/c1-13(2)33-22(30)14(3)28-36(31,35-15-7-5-4-6-8-15)12-32-17-9-16(23)21(34-17)29-11-27-18-19(24)25-10-26-20(18)29;11-5-1-6(20-4-22(17,18)19)21-10(5)16-3-15-7-8(12)13-2-14-9(7)16/h4-11,13-14,17,21H,12H2,1-3H3,(H,28,31)(H2,24,25,26);1-3,6,10H,4H2,(H2,12,13,14)(H2,17,18,19)/t14-,17-,21?,36-;6-,10?/m00/s1. The summed E-state index contributed by atoms with van der Waals surface area (Å²) in [4.78, 5) is 53.5. The lowest BCUT2D eigenvalue weighted by Crippen LogP contribution is -2.37. The van der Waals surface area contributed by atoms with Crippen molar-refractivity contribution in [3.05, 3.63) is 79.4 Å². The summed E-state index contributed by atoms with van der Waals surface area (Å²) in [6.45, 7) is 4.89. The van der Waals surface area contributed by atoms with Crippen LogP contribution in [-0.2, 0) is 37.6 Å². The number of hydrogen-bond donors (Lipinski definition) is 5. The first-order valence-corrected chi connectivity index (χ1v) is 20.6. The molecule has 7 rings (SSSR count). The number of anilines is 2. The number of imidazole rings is 2. The zero-order chi connectivity index (χ0) is 41.8. The van der Waals surface area contributed by atoms with Gasteiger partial charge in [0.15, 0.2) is 72.3 Å². The fourth-order valence-electron chi connectivity index (χ4n) is 5.31. The Morgan fingerprint density at radius 1 is 0.828 bits per heavy atom. The van der Waals surface area contributed by atoms with Crippen LogP contribution in [-0.4, -0.2) is 92.2 Å². The van der Waals surface area contributed by atoms with E-state index in [9.17, 15) is 22.7 Å². The van der Waals surface area contributed by atoms with Gasteiger partial charge < -0.3 is 49.5 Å². The lowest BCUT2D eigenvalue weighted by molar-refractivity contribution is -0.149. The summed E-state index contributed by atoms with van der Waals surface area (Å²) >= 11 is 0. The van der Waals surface area contributed by atoms with Gasteiger partial charge in [-0.3, -0.25) is 23.1 Å². The van der Waals surface area contributed by atoms with Crippen LogP contribution in [0.3, 0.4) is 0 Å². The number of nitrogen functional groups attached to an aromatic ring is 2. The van der Waals surface area contributed by atoms with E-state index in [-0.39, 0.29) is 34.8 Å². The molecule has 58 heavy (non-hydrogen) atoms. The van der Waals surface area contributed by atoms with Gasteiger partial charge in [0.2, 0.25) is 0 Å². The molecule has 2 aliphatic rings. The second-order valence-corrected chi connectivity index (χ2v) is 16.3. The average molecular weight is 852 g/mol. The monoisotopic (exact) mass is 851 g/mol. The second-order valence-electron chi connectivity index (χ2n) is 12.7. The third-order valence-corrected chi connectivity index (χ3v) is 10.0. The largest absolute Gasteiger partial charge is 0.462 e. The summed E-state index contributed by atoms with van der Waals surface area (Å²) in [5.41, 5.74) is 12.5. The minimum Gasteiger partial charge on any atom is -0.462 e. The van der Waals surface area contributed by atoms with E-state index < -0.39 is 76.5 Å². The van der Waals surface area contributed by atoms with Crippen LogP contribution >= 0.6 is 15.1 Å². The number of ether oxygens (including phenoxy) is 5. The fraction of sp³-hybridized carbons (Fsp3) is 0.344. The Labute approximate surface area is 326 Å². The van der Waals surface area contributed by atoms with Crippen LogP contribution in [0, 0.1) is 0 Å². The van der Waals surface area contributed by atoms with Crippen LogP contribution in [0.1, 0.15) is 33.2 Å². The third-order valence-electron chi connectivity index (χ3n) is 7.78. The summed E-state index contributed by atoms with van der Waals surface area (Å²) in [7, 11) is -8.23. The zero-order valence-corrected chi connectivity index (χ0v) is 32.5. The van der Waals surface area contributed by atoms with Crippen molar-refractivity contribution in [1.29, 1.82) is 0 Å². The Kier molecular flexibility index (Phi) is 12.9. The lowest BCUT2D eigenvalue weighted by atomic mass is 10.3. The first-order chi connectivity index (χ1) is 27.5. The van der Waals surface area contributed by atoms with E-state index in [1.165, 1.54) is 41.4 Å². The second kappa shape index (κ2) is 17.7. The van der Waals surface area contributed by atoms with E-state index in [0.29, 0.717) is 11.0 Å². The quantitative estimate of drug-likeness (QED) is 0.0788. The fourth-order valence-corrected chi connectivity index (χ4v) is 7.33. The molecule has 0 saturated heterocycles. The number of nitrogens with two attached hydrogens (primary N) is 2. The molecule has 7 N–H and O–H groups in total. The third kappa shape index (κ3) is 10.2. The van der Waals surface area contributed by atoms with Gasteiger partial charge in [0.05, 0.1) is 18.8 Å². The number of fused-ring (bicyclic) bond motifs is 2. The molecule has 0 bridgehead atoms. The number of aromatic nitrogens is 8.